The summed E-state index contributed by atoms with van der Waals surface area (Å²) >= 11 is 0. The predicted molar refractivity (Wildman–Crippen MR) is 317 cm³/mol. The van der Waals surface area contributed by atoms with Crippen molar-refractivity contribution in [3.8, 4) is 111 Å². The first kappa shape index (κ1) is 46.0. The van der Waals surface area contributed by atoms with Gasteiger partial charge in [-0.25, -0.2) is 0 Å². The lowest BCUT2D eigenvalue weighted by atomic mass is 9.76. The normalized spacial score (nSPS) is 11.2. The van der Waals surface area contributed by atoms with E-state index in [1.54, 1.807) is 0 Å². The largest absolute Gasteiger partial charge is 0.0622 e. The molecule has 0 saturated carbocycles. The van der Waals surface area contributed by atoms with Crippen molar-refractivity contribution in [1.29, 1.82) is 0 Å². The first-order chi connectivity index (χ1) is 36.4. The van der Waals surface area contributed by atoms with Gasteiger partial charge in [-0.2, -0.15) is 0 Å². The lowest BCUT2D eigenvalue weighted by Gasteiger charge is -2.26. The molecule has 0 heteroatoms. The van der Waals surface area contributed by atoms with Crippen LogP contribution in [0.4, 0.5) is 0 Å². The van der Waals surface area contributed by atoms with Crippen LogP contribution < -0.4 is 0 Å². The van der Waals surface area contributed by atoms with E-state index in [9.17, 15) is 0 Å². The van der Waals surface area contributed by atoms with Crippen LogP contribution in [0.15, 0.2) is 267 Å². The van der Waals surface area contributed by atoms with Gasteiger partial charge in [-0.05, 0) is 162 Å². The Morgan fingerprint density at radius 3 is 0.689 bits per heavy atom. The summed E-state index contributed by atoms with van der Waals surface area (Å²) < 4.78 is 0. The predicted octanol–water partition coefficient (Wildman–Crippen LogP) is 20.7. The molecule has 12 rings (SSSR count). The van der Waals surface area contributed by atoms with Gasteiger partial charge in [0.05, 0.1) is 0 Å². The first-order valence-electron chi connectivity index (χ1n) is 25.8. The second-order valence-electron chi connectivity index (χ2n) is 19.8. The lowest BCUT2D eigenvalue weighted by Crippen LogP contribution is -2.00. The van der Waals surface area contributed by atoms with Crippen molar-refractivity contribution in [2.24, 2.45) is 0 Å². The molecule has 0 bridgehead atoms. The van der Waals surface area contributed by atoms with Gasteiger partial charge in [0.15, 0.2) is 0 Å². The maximum absolute atomic E-state index is 2.49. The Labute approximate surface area is 436 Å². The van der Waals surface area contributed by atoms with Gasteiger partial charge in [-0.15, -0.1) is 0 Å². The second kappa shape index (κ2) is 19.8. The number of aryl methyl sites for hydroxylation is 4. The molecule has 0 amide bonds. The minimum Gasteiger partial charge on any atom is -0.0622 e. The van der Waals surface area contributed by atoms with Crippen LogP contribution in [0.1, 0.15) is 22.3 Å². The van der Waals surface area contributed by atoms with Gasteiger partial charge in [0.1, 0.15) is 0 Å². The van der Waals surface area contributed by atoms with Gasteiger partial charge in [0.2, 0.25) is 0 Å². The first-order valence-corrected chi connectivity index (χ1v) is 25.8. The fourth-order valence-corrected chi connectivity index (χ4v) is 11.1. The van der Waals surface area contributed by atoms with Crippen LogP contribution in [0.5, 0.6) is 0 Å². The summed E-state index contributed by atoms with van der Waals surface area (Å²) in [6, 6.07) is 99.4. The third-order valence-corrected chi connectivity index (χ3v) is 14.8. The molecule has 0 heterocycles. The molecule has 12 aromatic rings. The maximum Gasteiger partial charge on any atom is -0.00143 e. The van der Waals surface area contributed by atoms with Crippen LogP contribution >= 0.6 is 0 Å². The number of fused-ring (bicyclic) bond motifs is 1. The highest BCUT2D eigenvalue weighted by Gasteiger charge is 2.28. The fourth-order valence-electron chi connectivity index (χ4n) is 11.1. The van der Waals surface area contributed by atoms with E-state index in [0.717, 1.165) is 0 Å². The molecular weight excluding hydrogens is 889 g/mol. The Morgan fingerprint density at radius 2 is 0.392 bits per heavy atom. The zero-order valence-corrected chi connectivity index (χ0v) is 42.4. The van der Waals surface area contributed by atoms with Crippen molar-refractivity contribution < 1.29 is 0 Å². The highest BCUT2D eigenvalue weighted by molar-refractivity contribution is 6.16. The number of rotatable bonds is 10. The number of hydrogen-bond donors (Lipinski definition) is 0. The number of hydrogen-bond acceptors (Lipinski definition) is 0. The molecule has 0 aliphatic rings. The standard InChI is InChI=1S/C74H56/c1-49-29-37-53(38-30-49)65-47-67(71(59-41-33-51(3)34-42-59)73(57-23-13-7-14-24-57)69(65)55-19-9-5-10-20-55)63-45-46-64(62-28-18-17-27-61(62)63)68-48-66(54-39-31-50(2)32-40-54)70(56-21-11-6-12-22-56)74(58-25-15-8-16-26-58)72(68)60-43-35-52(4)36-44-60/h5-48H,1-4H3. The molecule has 0 atom stereocenters. The van der Waals surface area contributed by atoms with E-state index in [-0.39, 0.29) is 0 Å². The van der Waals surface area contributed by atoms with Gasteiger partial charge >= 0.3 is 0 Å². The summed E-state index contributed by atoms with van der Waals surface area (Å²) in [5.74, 6) is 0. The molecule has 0 aromatic heterocycles. The molecule has 0 N–H and O–H groups in total. The van der Waals surface area contributed by atoms with Gasteiger partial charge in [0, 0.05) is 0 Å². The van der Waals surface area contributed by atoms with E-state index in [1.165, 1.54) is 144 Å². The average molecular weight is 945 g/mol. The third-order valence-electron chi connectivity index (χ3n) is 14.8. The minimum absolute atomic E-state index is 1.18. The smallest absolute Gasteiger partial charge is 0.00143 e. The van der Waals surface area contributed by atoms with E-state index < -0.39 is 0 Å². The SMILES string of the molecule is Cc1ccc(-c2cc(-c3ccc(-c4cc(-c5ccc(C)cc5)c(-c5ccccc5)c(-c5ccccc5)c4-c4ccc(C)cc4)c4ccccc34)c(-c3ccc(C)cc3)c(-c3ccccc3)c2-c2ccccc2)cc1. The molecule has 0 aliphatic heterocycles. The van der Waals surface area contributed by atoms with E-state index in [0.29, 0.717) is 0 Å². The fraction of sp³-hybridized carbons (Fsp3) is 0.0541. The average Bonchev–Trinajstić information content (AvgIpc) is 3.46. The molecule has 0 radical (unpaired) electrons. The van der Waals surface area contributed by atoms with Gasteiger partial charge in [0.25, 0.3) is 0 Å². The molecule has 352 valence electrons. The molecule has 0 aliphatic carbocycles. The Balaban J connectivity index is 1.23. The zero-order valence-electron chi connectivity index (χ0n) is 42.4. The van der Waals surface area contributed by atoms with Crippen molar-refractivity contribution in [3.63, 3.8) is 0 Å². The summed E-state index contributed by atoms with van der Waals surface area (Å²) in [4.78, 5) is 0. The van der Waals surface area contributed by atoms with Crippen molar-refractivity contribution in [1.82, 2.24) is 0 Å². The third kappa shape index (κ3) is 8.65. The molecule has 0 spiro atoms. The quantitative estimate of drug-likeness (QED) is 0.128. The Hall–Kier alpha value is -9.10. The molecule has 0 saturated heterocycles. The summed E-state index contributed by atoms with van der Waals surface area (Å²) in [7, 11) is 0. The van der Waals surface area contributed by atoms with Gasteiger partial charge in [-0.3, -0.25) is 0 Å². The van der Waals surface area contributed by atoms with E-state index in [2.05, 4.69) is 295 Å². The van der Waals surface area contributed by atoms with Gasteiger partial charge in [-0.1, -0.05) is 277 Å². The summed E-state index contributed by atoms with van der Waals surface area (Å²) in [6.07, 6.45) is 0. The molecule has 74 heavy (non-hydrogen) atoms. The van der Waals surface area contributed by atoms with E-state index >= 15 is 0 Å². The van der Waals surface area contributed by atoms with E-state index in [1.807, 2.05) is 0 Å². The number of benzene rings is 12. The monoisotopic (exact) mass is 944 g/mol. The van der Waals surface area contributed by atoms with Crippen LogP contribution in [0.2, 0.25) is 0 Å². The summed E-state index contributed by atoms with van der Waals surface area (Å²) in [5.41, 5.74) is 28.8. The molecule has 0 nitrogen and oxygen atoms in total. The van der Waals surface area contributed by atoms with Crippen molar-refractivity contribution in [3.05, 3.63) is 289 Å². The zero-order chi connectivity index (χ0) is 50.1. The molecule has 12 aromatic carbocycles. The van der Waals surface area contributed by atoms with Crippen LogP contribution in [0, 0.1) is 27.7 Å². The second-order valence-corrected chi connectivity index (χ2v) is 19.8. The Morgan fingerprint density at radius 1 is 0.162 bits per heavy atom. The van der Waals surface area contributed by atoms with Crippen LogP contribution in [0.3, 0.4) is 0 Å². The van der Waals surface area contributed by atoms with Crippen molar-refractivity contribution in [2.75, 3.05) is 0 Å². The van der Waals surface area contributed by atoms with E-state index in [4.69, 9.17) is 0 Å². The lowest BCUT2D eigenvalue weighted by molar-refractivity contribution is 1.45. The van der Waals surface area contributed by atoms with Crippen molar-refractivity contribution >= 4 is 10.8 Å². The topological polar surface area (TPSA) is 0 Å². The minimum atomic E-state index is 1.18. The summed E-state index contributed by atoms with van der Waals surface area (Å²) in [5, 5.41) is 2.39. The molecule has 0 unspecified atom stereocenters. The van der Waals surface area contributed by atoms with Gasteiger partial charge < -0.3 is 0 Å². The maximum atomic E-state index is 2.49. The van der Waals surface area contributed by atoms with Crippen molar-refractivity contribution in [2.45, 2.75) is 27.7 Å². The highest BCUT2D eigenvalue weighted by atomic mass is 14.3. The Bertz CT molecular complexity index is 3680. The molecule has 0 fully saturated rings. The van der Waals surface area contributed by atoms with Crippen LogP contribution in [-0.4, -0.2) is 0 Å². The van der Waals surface area contributed by atoms with Crippen LogP contribution in [-0.2, 0) is 0 Å². The highest BCUT2D eigenvalue weighted by Crippen LogP contribution is 2.54. The molecular formula is C74H56. The summed E-state index contributed by atoms with van der Waals surface area (Å²) in [6.45, 7) is 8.69. The Kier molecular flexibility index (Phi) is 12.3. The van der Waals surface area contributed by atoms with Crippen LogP contribution in [0.25, 0.3) is 122 Å².